The highest BCUT2D eigenvalue weighted by Gasteiger charge is 2.16. The number of piperazine rings is 1. The molecule has 0 saturated carbocycles. The third kappa shape index (κ3) is 6.36. The molecule has 1 saturated heterocycles. The molecule has 0 unspecified atom stereocenters. The average Bonchev–Trinajstić information content (AvgIpc) is 2.71. The Hall–Kier alpha value is -2.40. The first-order chi connectivity index (χ1) is 13.2. The van der Waals surface area contributed by atoms with E-state index in [9.17, 15) is 9.18 Å². The number of hydrogen-bond donors (Lipinski definition) is 1. The van der Waals surface area contributed by atoms with Crippen molar-refractivity contribution in [2.24, 2.45) is 0 Å². The van der Waals surface area contributed by atoms with E-state index >= 15 is 0 Å². The number of para-hydroxylation sites is 1. The highest BCUT2D eigenvalue weighted by molar-refractivity contribution is 5.78. The van der Waals surface area contributed by atoms with E-state index in [0.717, 1.165) is 51.1 Å². The van der Waals surface area contributed by atoms with Crippen LogP contribution in [0, 0.1) is 5.82 Å². The first kappa shape index (κ1) is 19.4. The number of halogens is 1. The molecule has 0 radical (unpaired) electrons. The molecule has 144 valence electrons. The van der Waals surface area contributed by atoms with Gasteiger partial charge in [0.2, 0.25) is 5.91 Å². The number of nitrogens with zero attached hydrogens (tertiary/aromatic N) is 2. The summed E-state index contributed by atoms with van der Waals surface area (Å²) in [5.41, 5.74) is 2.14. The van der Waals surface area contributed by atoms with Gasteiger partial charge in [0.05, 0.1) is 6.42 Å². The van der Waals surface area contributed by atoms with Crippen LogP contribution in [-0.4, -0.2) is 50.1 Å². The van der Waals surface area contributed by atoms with Crippen LogP contribution in [0.4, 0.5) is 10.1 Å². The van der Waals surface area contributed by atoms with E-state index in [4.69, 9.17) is 0 Å². The van der Waals surface area contributed by atoms with E-state index < -0.39 is 0 Å². The Bertz CT molecular complexity index is 697. The normalized spacial score (nSPS) is 14.9. The van der Waals surface area contributed by atoms with Gasteiger partial charge in [-0.1, -0.05) is 30.3 Å². The van der Waals surface area contributed by atoms with Gasteiger partial charge in [-0.15, -0.1) is 0 Å². The summed E-state index contributed by atoms with van der Waals surface area (Å²) in [4.78, 5) is 16.8. The van der Waals surface area contributed by atoms with E-state index in [0.29, 0.717) is 13.0 Å². The molecule has 5 heteroatoms. The van der Waals surface area contributed by atoms with E-state index in [1.165, 1.54) is 17.8 Å². The average molecular weight is 369 g/mol. The van der Waals surface area contributed by atoms with Crippen molar-refractivity contribution < 1.29 is 9.18 Å². The molecule has 0 aliphatic carbocycles. The summed E-state index contributed by atoms with van der Waals surface area (Å²) in [6.07, 6.45) is 2.37. The lowest BCUT2D eigenvalue weighted by molar-refractivity contribution is -0.120. The molecule has 1 amide bonds. The van der Waals surface area contributed by atoms with Crippen molar-refractivity contribution in [2.75, 3.05) is 44.2 Å². The van der Waals surface area contributed by atoms with Crippen LogP contribution in [0.2, 0.25) is 0 Å². The predicted molar refractivity (Wildman–Crippen MR) is 107 cm³/mol. The maximum Gasteiger partial charge on any atom is 0.224 e. The zero-order valence-corrected chi connectivity index (χ0v) is 15.7. The minimum Gasteiger partial charge on any atom is -0.369 e. The van der Waals surface area contributed by atoms with Gasteiger partial charge in [-0.25, -0.2) is 4.39 Å². The molecular formula is C22H28FN3O. The van der Waals surface area contributed by atoms with Gasteiger partial charge in [-0.3, -0.25) is 9.69 Å². The smallest absolute Gasteiger partial charge is 0.224 e. The largest absolute Gasteiger partial charge is 0.369 e. The number of unbranched alkanes of at least 4 members (excludes halogenated alkanes) is 1. The lowest BCUT2D eigenvalue weighted by Crippen LogP contribution is -2.46. The minimum absolute atomic E-state index is 0.00177. The van der Waals surface area contributed by atoms with Crippen LogP contribution in [0.15, 0.2) is 54.6 Å². The third-order valence-corrected chi connectivity index (χ3v) is 4.99. The Morgan fingerprint density at radius 2 is 1.63 bits per heavy atom. The van der Waals surface area contributed by atoms with Gasteiger partial charge < -0.3 is 10.2 Å². The van der Waals surface area contributed by atoms with E-state index in [1.54, 1.807) is 12.1 Å². The van der Waals surface area contributed by atoms with E-state index in [1.807, 2.05) is 0 Å². The second-order valence-corrected chi connectivity index (χ2v) is 7.02. The van der Waals surface area contributed by atoms with Gasteiger partial charge in [0, 0.05) is 38.4 Å². The topological polar surface area (TPSA) is 35.6 Å². The van der Waals surface area contributed by atoms with Crippen LogP contribution in [0.1, 0.15) is 18.4 Å². The minimum atomic E-state index is -0.274. The van der Waals surface area contributed by atoms with Crippen molar-refractivity contribution in [3.05, 3.63) is 66.0 Å². The molecule has 27 heavy (non-hydrogen) atoms. The standard InChI is InChI=1S/C22H28FN3O/c23-20-10-8-19(9-11-20)18-22(27)24-12-4-5-13-25-14-16-26(17-15-25)21-6-2-1-3-7-21/h1-3,6-11H,4-5,12-18H2,(H,24,27). The van der Waals surface area contributed by atoms with Gasteiger partial charge in [-0.05, 0) is 49.2 Å². The van der Waals surface area contributed by atoms with Crippen LogP contribution >= 0.6 is 0 Å². The number of hydrogen-bond acceptors (Lipinski definition) is 3. The van der Waals surface area contributed by atoms with E-state index in [-0.39, 0.29) is 11.7 Å². The van der Waals surface area contributed by atoms with Crippen molar-refractivity contribution in [2.45, 2.75) is 19.3 Å². The van der Waals surface area contributed by atoms with E-state index in [2.05, 4.69) is 45.4 Å². The van der Waals surface area contributed by atoms with Gasteiger partial charge in [0.1, 0.15) is 5.82 Å². The first-order valence-corrected chi connectivity index (χ1v) is 9.74. The fourth-order valence-electron chi connectivity index (χ4n) is 3.41. The molecule has 0 bridgehead atoms. The molecule has 1 fully saturated rings. The number of rotatable bonds is 8. The number of nitrogens with one attached hydrogen (secondary N) is 1. The Kier molecular flexibility index (Phi) is 7.22. The summed E-state index contributed by atoms with van der Waals surface area (Å²) in [5.74, 6) is -0.276. The van der Waals surface area contributed by atoms with Gasteiger partial charge in [-0.2, -0.15) is 0 Å². The molecule has 1 aliphatic heterocycles. The Morgan fingerprint density at radius 1 is 0.926 bits per heavy atom. The van der Waals surface area contributed by atoms with Gasteiger partial charge >= 0.3 is 0 Å². The van der Waals surface area contributed by atoms with Crippen LogP contribution < -0.4 is 10.2 Å². The number of amides is 1. The van der Waals surface area contributed by atoms with Crippen LogP contribution in [0.3, 0.4) is 0 Å². The molecule has 1 heterocycles. The summed E-state index contributed by atoms with van der Waals surface area (Å²) in [6, 6.07) is 16.7. The summed E-state index contributed by atoms with van der Waals surface area (Å²) in [5, 5.41) is 2.95. The Balaban J connectivity index is 1.25. The molecule has 1 N–H and O–H groups in total. The maximum absolute atomic E-state index is 12.9. The predicted octanol–water partition coefficient (Wildman–Crippen LogP) is 3.09. The number of benzene rings is 2. The van der Waals surface area contributed by atoms with Crippen molar-refractivity contribution in [3.63, 3.8) is 0 Å². The monoisotopic (exact) mass is 369 g/mol. The first-order valence-electron chi connectivity index (χ1n) is 9.74. The summed E-state index contributed by atoms with van der Waals surface area (Å²) in [7, 11) is 0. The maximum atomic E-state index is 12.9. The number of carbonyl (C=O) groups is 1. The second-order valence-electron chi connectivity index (χ2n) is 7.02. The fraction of sp³-hybridized carbons (Fsp3) is 0.409. The molecule has 0 spiro atoms. The van der Waals surface area contributed by atoms with Crippen molar-refractivity contribution >= 4 is 11.6 Å². The second kappa shape index (κ2) is 10.1. The zero-order valence-electron chi connectivity index (χ0n) is 15.7. The third-order valence-electron chi connectivity index (χ3n) is 4.99. The molecule has 1 aliphatic rings. The van der Waals surface area contributed by atoms with Crippen LogP contribution in [0.5, 0.6) is 0 Å². The summed E-state index contributed by atoms with van der Waals surface area (Å²) >= 11 is 0. The van der Waals surface area contributed by atoms with Gasteiger partial charge in [0.15, 0.2) is 0 Å². The lowest BCUT2D eigenvalue weighted by Gasteiger charge is -2.36. The molecule has 4 nitrogen and oxygen atoms in total. The highest BCUT2D eigenvalue weighted by atomic mass is 19.1. The number of carbonyl (C=O) groups excluding carboxylic acids is 1. The quantitative estimate of drug-likeness (QED) is 0.727. The molecule has 0 aromatic heterocycles. The SMILES string of the molecule is O=C(Cc1ccc(F)cc1)NCCCCN1CCN(c2ccccc2)CC1. The van der Waals surface area contributed by atoms with Crippen molar-refractivity contribution in [3.8, 4) is 0 Å². The fourth-order valence-corrected chi connectivity index (χ4v) is 3.41. The van der Waals surface area contributed by atoms with Crippen LogP contribution in [-0.2, 0) is 11.2 Å². The number of anilines is 1. The summed E-state index contributed by atoms with van der Waals surface area (Å²) < 4.78 is 12.9. The Morgan fingerprint density at radius 3 is 2.33 bits per heavy atom. The zero-order chi connectivity index (χ0) is 18.9. The van der Waals surface area contributed by atoms with Crippen molar-refractivity contribution in [1.29, 1.82) is 0 Å². The Labute approximate surface area is 161 Å². The molecule has 2 aromatic rings. The summed E-state index contributed by atoms with van der Waals surface area (Å²) in [6.45, 7) is 6.09. The molecule has 0 atom stereocenters. The highest BCUT2D eigenvalue weighted by Crippen LogP contribution is 2.15. The van der Waals surface area contributed by atoms with Gasteiger partial charge in [0.25, 0.3) is 0 Å². The van der Waals surface area contributed by atoms with Crippen molar-refractivity contribution in [1.82, 2.24) is 10.2 Å². The molecule has 2 aromatic carbocycles. The lowest BCUT2D eigenvalue weighted by atomic mass is 10.1. The molecule has 3 rings (SSSR count). The van der Waals surface area contributed by atoms with Crippen LogP contribution in [0.25, 0.3) is 0 Å². The molecular weight excluding hydrogens is 341 g/mol.